The lowest BCUT2D eigenvalue weighted by Gasteiger charge is -2.36. The average molecular weight is 443 g/mol. The smallest absolute Gasteiger partial charge is 0.245 e. The van der Waals surface area contributed by atoms with Crippen LogP contribution in [0.1, 0.15) is 29.5 Å². The van der Waals surface area contributed by atoms with Crippen molar-refractivity contribution in [2.75, 3.05) is 26.2 Å². The number of aromatic nitrogens is 2. The third-order valence-corrected chi connectivity index (χ3v) is 8.96. The van der Waals surface area contributed by atoms with Crippen LogP contribution >= 0.6 is 11.7 Å². The van der Waals surface area contributed by atoms with Crippen LogP contribution in [0, 0.1) is 12.8 Å². The van der Waals surface area contributed by atoms with Crippen molar-refractivity contribution in [3.05, 3.63) is 53.1 Å². The monoisotopic (exact) mass is 442 g/mol. The fourth-order valence-corrected chi connectivity index (χ4v) is 7.00. The number of hydrogen-bond acceptors (Lipinski definition) is 6. The molecule has 0 spiro atoms. The van der Waals surface area contributed by atoms with Gasteiger partial charge >= 0.3 is 0 Å². The topological polar surface area (TPSA) is 66.4 Å². The standard InChI is InChI=1S/C22H26N4O2S2/c1-16-6-7-20(22-21(16)23-29-24-22)30(27,28)26-12-8-17(9-13-26)14-25-11-10-18-4-2-3-5-19(18)15-25/h2-7,17H,8-15H2,1H3. The number of rotatable bonds is 4. The molecule has 0 amide bonds. The molecule has 2 aromatic carbocycles. The molecule has 6 nitrogen and oxygen atoms in total. The zero-order valence-corrected chi connectivity index (χ0v) is 18.8. The summed E-state index contributed by atoms with van der Waals surface area (Å²) in [5, 5.41) is 0. The highest BCUT2D eigenvalue weighted by molar-refractivity contribution is 7.89. The minimum absolute atomic E-state index is 0.294. The summed E-state index contributed by atoms with van der Waals surface area (Å²) in [4.78, 5) is 2.82. The van der Waals surface area contributed by atoms with Crippen LogP contribution in [0.3, 0.4) is 0 Å². The van der Waals surface area contributed by atoms with E-state index >= 15 is 0 Å². The molecule has 2 aliphatic heterocycles. The van der Waals surface area contributed by atoms with Crippen LogP contribution in [0.25, 0.3) is 11.0 Å². The van der Waals surface area contributed by atoms with E-state index in [1.54, 1.807) is 10.4 Å². The molecule has 0 N–H and O–H groups in total. The number of nitrogens with zero attached hydrogens (tertiary/aromatic N) is 4. The van der Waals surface area contributed by atoms with Crippen LogP contribution in [0.5, 0.6) is 0 Å². The lowest BCUT2D eigenvalue weighted by molar-refractivity contribution is 0.171. The van der Waals surface area contributed by atoms with Crippen LogP contribution in [0.4, 0.5) is 0 Å². The van der Waals surface area contributed by atoms with E-state index in [9.17, 15) is 8.42 Å². The maximum atomic E-state index is 13.3. The van der Waals surface area contributed by atoms with Gasteiger partial charge in [0.2, 0.25) is 10.0 Å². The number of hydrogen-bond donors (Lipinski definition) is 0. The molecular formula is C22H26N4O2S2. The number of benzene rings is 2. The number of fused-ring (bicyclic) bond motifs is 2. The molecule has 3 aromatic rings. The summed E-state index contributed by atoms with van der Waals surface area (Å²) in [6, 6.07) is 12.2. The van der Waals surface area contributed by atoms with E-state index in [1.807, 2.05) is 13.0 Å². The Morgan fingerprint density at radius 3 is 2.53 bits per heavy atom. The molecule has 0 saturated carbocycles. The fourth-order valence-electron chi connectivity index (χ4n) is 4.72. The molecule has 2 aliphatic rings. The third kappa shape index (κ3) is 3.66. The Balaban J connectivity index is 1.25. The number of sulfonamides is 1. The SMILES string of the molecule is Cc1ccc(S(=O)(=O)N2CCC(CN3CCc4ccccc4C3)CC2)c2nsnc12. The van der Waals surface area contributed by atoms with E-state index in [2.05, 4.69) is 37.9 Å². The summed E-state index contributed by atoms with van der Waals surface area (Å²) < 4.78 is 36.8. The van der Waals surface area contributed by atoms with Crippen molar-refractivity contribution < 1.29 is 8.42 Å². The second kappa shape index (κ2) is 8.00. The van der Waals surface area contributed by atoms with Gasteiger partial charge in [0.25, 0.3) is 0 Å². The molecule has 0 bridgehead atoms. The lowest BCUT2D eigenvalue weighted by Crippen LogP contribution is -2.42. The summed E-state index contributed by atoms with van der Waals surface area (Å²) >= 11 is 1.07. The molecule has 0 radical (unpaired) electrons. The molecule has 30 heavy (non-hydrogen) atoms. The molecule has 8 heteroatoms. The second-order valence-corrected chi connectivity index (χ2v) is 10.9. The summed E-state index contributed by atoms with van der Waals surface area (Å²) in [5.41, 5.74) is 5.06. The van der Waals surface area contributed by atoms with Crippen LogP contribution in [-0.4, -0.2) is 52.5 Å². The van der Waals surface area contributed by atoms with Crippen molar-refractivity contribution in [1.82, 2.24) is 18.0 Å². The van der Waals surface area contributed by atoms with E-state index in [4.69, 9.17) is 0 Å². The Bertz CT molecular complexity index is 1170. The Kier molecular flexibility index (Phi) is 5.35. The first-order chi connectivity index (χ1) is 14.5. The minimum Gasteiger partial charge on any atom is -0.298 e. The first-order valence-electron chi connectivity index (χ1n) is 10.5. The molecule has 0 aliphatic carbocycles. The first-order valence-corrected chi connectivity index (χ1v) is 12.7. The van der Waals surface area contributed by atoms with Gasteiger partial charge in [0, 0.05) is 32.7 Å². The normalized spacial score (nSPS) is 19.2. The third-order valence-electron chi connectivity index (χ3n) is 6.50. The quantitative estimate of drug-likeness (QED) is 0.619. The maximum absolute atomic E-state index is 13.3. The highest BCUT2D eigenvalue weighted by atomic mass is 32.2. The maximum Gasteiger partial charge on any atom is 0.245 e. The summed E-state index contributed by atoms with van der Waals surface area (Å²) in [6.07, 6.45) is 2.91. The van der Waals surface area contributed by atoms with Crippen molar-refractivity contribution >= 4 is 32.8 Å². The Morgan fingerprint density at radius 1 is 1.00 bits per heavy atom. The highest BCUT2D eigenvalue weighted by Crippen LogP contribution is 2.30. The molecule has 158 valence electrons. The van der Waals surface area contributed by atoms with Gasteiger partial charge in [-0.25, -0.2) is 8.42 Å². The van der Waals surface area contributed by atoms with Gasteiger partial charge in [0.1, 0.15) is 15.9 Å². The zero-order chi connectivity index (χ0) is 20.7. The fraction of sp³-hybridized carbons (Fsp3) is 0.455. The van der Waals surface area contributed by atoms with E-state index in [1.165, 1.54) is 11.1 Å². The molecule has 0 unspecified atom stereocenters. The van der Waals surface area contributed by atoms with E-state index in [0.29, 0.717) is 34.9 Å². The molecule has 1 aromatic heterocycles. The van der Waals surface area contributed by atoms with Gasteiger partial charge in [-0.1, -0.05) is 30.3 Å². The molecule has 1 fully saturated rings. The number of aryl methyl sites for hydroxylation is 1. The largest absolute Gasteiger partial charge is 0.298 e. The first kappa shape index (κ1) is 20.1. The Morgan fingerprint density at radius 2 is 1.73 bits per heavy atom. The average Bonchev–Trinajstić information content (AvgIpc) is 3.25. The molecule has 3 heterocycles. The van der Waals surface area contributed by atoms with Crippen molar-refractivity contribution in [1.29, 1.82) is 0 Å². The molecular weight excluding hydrogens is 416 g/mol. The van der Waals surface area contributed by atoms with E-state index in [-0.39, 0.29) is 0 Å². The van der Waals surface area contributed by atoms with Gasteiger partial charge in [0.05, 0.1) is 11.7 Å². The molecule has 1 saturated heterocycles. The van der Waals surface area contributed by atoms with E-state index < -0.39 is 10.0 Å². The van der Waals surface area contributed by atoms with Gasteiger partial charge < -0.3 is 0 Å². The minimum atomic E-state index is -3.55. The van der Waals surface area contributed by atoms with Crippen LogP contribution in [-0.2, 0) is 23.0 Å². The van der Waals surface area contributed by atoms with Crippen molar-refractivity contribution in [3.63, 3.8) is 0 Å². The van der Waals surface area contributed by atoms with Gasteiger partial charge in [-0.2, -0.15) is 13.1 Å². The van der Waals surface area contributed by atoms with Crippen molar-refractivity contribution in [3.8, 4) is 0 Å². The van der Waals surface area contributed by atoms with Crippen molar-refractivity contribution in [2.24, 2.45) is 5.92 Å². The summed E-state index contributed by atoms with van der Waals surface area (Å²) in [5.74, 6) is 0.542. The Hall–Kier alpha value is -1.87. The second-order valence-electron chi connectivity index (χ2n) is 8.44. The zero-order valence-electron chi connectivity index (χ0n) is 17.1. The van der Waals surface area contributed by atoms with Crippen LogP contribution in [0.15, 0.2) is 41.3 Å². The van der Waals surface area contributed by atoms with Gasteiger partial charge in [-0.15, -0.1) is 0 Å². The van der Waals surface area contributed by atoms with Gasteiger partial charge in [0.15, 0.2) is 0 Å². The lowest BCUT2D eigenvalue weighted by atomic mass is 9.94. The summed E-state index contributed by atoms with van der Waals surface area (Å²) in [7, 11) is -3.55. The summed E-state index contributed by atoms with van der Waals surface area (Å²) in [6.45, 7) is 6.23. The molecule has 0 atom stereocenters. The van der Waals surface area contributed by atoms with E-state index in [0.717, 1.165) is 56.2 Å². The van der Waals surface area contributed by atoms with Gasteiger partial charge in [-0.05, 0) is 54.9 Å². The predicted octanol–water partition coefficient (Wildman–Crippen LogP) is 3.46. The van der Waals surface area contributed by atoms with Gasteiger partial charge in [-0.3, -0.25) is 4.90 Å². The Labute approximate surface area is 181 Å². The number of piperidine rings is 1. The highest BCUT2D eigenvalue weighted by Gasteiger charge is 2.32. The van der Waals surface area contributed by atoms with Crippen molar-refractivity contribution in [2.45, 2.75) is 37.6 Å². The predicted molar refractivity (Wildman–Crippen MR) is 119 cm³/mol. The van der Waals surface area contributed by atoms with Crippen LogP contribution in [0.2, 0.25) is 0 Å². The van der Waals surface area contributed by atoms with Crippen LogP contribution < -0.4 is 0 Å². The molecule has 5 rings (SSSR count).